The fraction of sp³-hybridized carbons (Fsp3) is 0.875. The lowest BCUT2D eigenvalue weighted by molar-refractivity contribution is 0.208. The minimum atomic E-state index is -3.43. The molecule has 0 aliphatic rings. The standard InChI is InChI=1S/C8H20N4O3S/c1-3-10-8(11-4-6-15-2)12-5-7-16(9,13)14/h3-7H2,1-2H3,(H2,9,13,14)(H2,10,11,12). The summed E-state index contributed by atoms with van der Waals surface area (Å²) in [5.74, 6) is 0.435. The van der Waals surface area contributed by atoms with Crippen molar-refractivity contribution < 1.29 is 13.2 Å². The minimum Gasteiger partial charge on any atom is -0.383 e. The minimum absolute atomic E-state index is 0.123. The Kier molecular flexibility index (Phi) is 7.86. The number of aliphatic imine (C=N–C) groups is 1. The molecule has 7 nitrogen and oxygen atoms in total. The molecule has 16 heavy (non-hydrogen) atoms. The summed E-state index contributed by atoms with van der Waals surface area (Å²) in [6.07, 6.45) is 0. The van der Waals surface area contributed by atoms with Crippen molar-refractivity contribution in [3.8, 4) is 0 Å². The average molecular weight is 252 g/mol. The first-order valence-electron chi connectivity index (χ1n) is 5.01. The molecule has 0 aliphatic heterocycles. The largest absolute Gasteiger partial charge is 0.383 e. The molecule has 0 aromatic heterocycles. The van der Waals surface area contributed by atoms with E-state index in [1.54, 1.807) is 7.11 Å². The van der Waals surface area contributed by atoms with E-state index in [0.717, 1.165) is 0 Å². The molecule has 0 bridgehead atoms. The topological polar surface area (TPSA) is 106 Å². The van der Waals surface area contributed by atoms with Gasteiger partial charge in [-0.25, -0.2) is 13.6 Å². The Morgan fingerprint density at radius 1 is 1.44 bits per heavy atom. The first-order chi connectivity index (χ1) is 7.49. The second-order valence-electron chi connectivity index (χ2n) is 3.05. The van der Waals surface area contributed by atoms with Crippen molar-refractivity contribution in [3.05, 3.63) is 0 Å². The van der Waals surface area contributed by atoms with E-state index in [1.807, 2.05) is 6.92 Å². The van der Waals surface area contributed by atoms with Crippen LogP contribution in [0.25, 0.3) is 0 Å². The Morgan fingerprint density at radius 2 is 2.12 bits per heavy atom. The Bertz CT molecular complexity index is 302. The van der Waals surface area contributed by atoms with Crippen molar-refractivity contribution in [2.24, 2.45) is 10.1 Å². The van der Waals surface area contributed by atoms with E-state index in [-0.39, 0.29) is 12.3 Å². The molecule has 0 aromatic rings. The van der Waals surface area contributed by atoms with Gasteiger partial charge in [-0.15, -0.1) is 0 Å². The van der Waals surface area contributed by atoms with Gasteiger partial charge in [0.25, 0.3) is 0 Å². The second kappa shape index (κ2) is 8.31. The van der Waals surface area contributed by atoms with Crippen molar-refractivity contribution in [1.82, 2.24) is 10.6 Å². The molecule has 0 saturated carbocycles. The van der Waals surface area contributed by atoms with Gasteiger partial charge >= 0.3 is 0 Å². The van der Waals surface area contributed by atoms with Gasteiger partial charge < -0.3 is 15.4 Å². The number of nitrogens with two attached hydrogens (primary N) is 1. The van der Waals surface area contributed by atoms with Gasteiger partial charge in [0.1, 0.15) is 0 Å². The molecule has 4 N–H and O–H groups in total. The summed E-state index contributed by atoms with van der Waals surface area (Å²) >= 11 is 0. The fourth-order valence-corrected chi connectivity index (χ4v) is 1.29. The van der Waals surface area contributed by atoms with Crippen LogP contribution in [0.1, 0.15) is 6.92 Å². The number of sulfonamides is 1. The number of nitrogens with one attached hydrogen (secondary N) is 2. The highest BCUT2D eigenvalue weighted by atomic mass is 32.2. The highest BCUT2D eigenvalue weighted by Crippen LogP contribution is 1.78. The van der Waals surface area contributed by atoms with Crippen LogP contribution in [0.5, 0.6) is 0 Å². The molecule has 0 saturated heterocycles. The van der Waals surface area contributed by atoms with Gasteiger partial charge in [0.15, 0.2) is 5.96 Å². The number of nitrogens with zero attached hydrogens (tertiary/aromatic N) is 1. The van der Waals surface area contributed by atoms with Crippen molar-refractivity contribution in [2.75, 3.05) is 39.1 Å². The van der Waals surface area contributed by atoms with Crippen LogP contribution in [0.2, 0.25) is 0 Å². The molecular weight excluding hydrogens is 232 g/mol. The molecule has 0 spiro atoms. The van der Waals surface area contributed by atoms with Crippen LogP contribution in [0.4, 0.5) is 0 Å². The van der Waals surface area contributed by atoms with Gasteiger partial charge in [-0.05, 0) is 6.92 Å². The summed E-state index contributed by atoms with van der Waals surface area (Å²) in [6.45, 7) is 3.89. The van der Waals surface area contributed by atoms with Gasteiger partial charge in [0.05, 0.1) is 18.9 Å². The summed E-state index contributed by atoms with van der Waals surface area (Å²) in [6, 6.07) is 0. The number of guanidine groups is 1. The summed E-state index contributed by atoms with van der Waals surface area (Å²) in [5.41, 5.74) is 0. The average Bonchev–Trinajstić information content (AvgIpc) is 2.16. The van der Waals surface area contributed by atoms with Gasteiger partial charge in [0, 0.05) is 20.2 Å². The zero-order valence-electron chi connectivity index (χ0n) is 9.69. The Labute approximate surface area is 96.5 Å². The number of primary sulfonamides is 1. The van der Waals surface area contributed by atoms with Gasteiger partial charge in [-0.2, -0.15) is 0 Å². The van der Waals surface area contributed by atoms with E-state index in [4.69, 9.17) is 9.88 Å². The molecule has 8 heteroatoms. The molecule has 0 amide bonds. The van der Waals surface area contributed by atoms with Crippen molar-refractivity contribution in [1.29, 1.82) is 0 Å². The molecule has 96 valence electrons. The predicted molar refractivity (Wildman–Crippen MR) is 63.8 cm³/mol. The number of hydrogen-bond donors (Lipinski definition) is 3. The lowest BCUT2D eigenvalue weighted by Crippen LogP contribution is -2.40. The smallest absolute Gasteiger partial charge is 0.210 e. The number of methoxy groups -OCH3 is 1. The SMILES string of the molecule is CCNC(=NCCOC)NCCS(N)(=O)=O. The molecule has 0 aromatic carbocycles. The second-order valence-corrected chi connectivity index (χ2v) is 4.78. The highest BCUT2D eigenvalue weighted by molar-refractivity contribution is 7.89. The van der Waals surface area contributed by atoms with Crippen LogP contribution in [-0.4, -0.2) is 53.5 Å². The maximum atomic E-state index is 10.7. The lowest BCUT2D eigenvalue weighted by Gasteiger charge is -2.10. The maximum absolute atomic E-state index is 10.7. The van der Waals surface area contributed by atoms with Crippen LogP contribution in [0, 0.1) is 0 Å². The van der Waals surface area contributed by atoms with Gasteiger partial charge in [-0.3, -0.25) is 4.99 Å². The van der Waals surface area contributed by atoms with E-state index >= 15 is 0 Å². The van der Waals surface area contributed by atoms with E-state index in [2.05, 4.69) is 15.6 Å². The third kappa shape index (κ3) is 9.69. The predicted octanol–water partition coefficient (Wildman–Crippen LogP) is -1.52. The zero-order chi connectivity index (χ0) is 12.4. The van der Waals surface area contributed by atoms with E-state index in [1.165, 1.54) is 0 Å². The van der Waals surface area contributed by atoms with Crippen molar-refractivity contribution >= 4 is 16.0 Å². The molecule has 0 rings (SSSR count). The summed E-state index contributed by atoms with van der Waals surface area (Å²) < 4.78 is 26.2. The number of rotatable bonds is 7. The monoisotopic (exact) mass is 252 g/mol. The molecule has 0 radical (unpaired) electrons. The van der Waals surface area contributed by atoms with Crippen molar-refractivity contribution in [3.63, 3.8) is 0 Å². The molecular formula is C8H20N4O3S. The molecule has 0 atom stereocenters. The quantitative estimate of drug-likeness (QED) is 0.290. The van der Waals surface area contributed by atoms with Crippen LogP contribution in [-0.2, 0) is 14.8 Å². The fourth-order valence-electron chi connectivity index (χ4n) is 0.902. The first kappa shape index (κ1) is 15.1. The summed E-state index contributed by atoms with van der Waals surface area (Å²) in [7, 11) is -1.84. The Balaban J connectivity index is 3.98. The normalized spacial score (nSPS) is 12.6. The molecule has 0 heterocycles. The van der Waals surface area contributed by atoms with Gasteiger partial charge in [0.2, 0.25) is 10.0 Å². The van der Waals surface area contributed by atoms with E-state index in [9.17, 15) is 8.42 Å². The van der Waals surface area contributed by atoms with Crippen LogP contribution >= 0.6 is 0 Å². The van der Waals surface area contributed by atoms with E-state index < -0.39 is 10.0 Å². The third-order valence-corrected chi connectivity index (χ3v) is 2.36. The van der Waals surface area contributed by atoms with E-state index in [0.29, 0.717) is 25.7 Å². The molecule has 0 aliphatic carbocycles. The van der Waals surface area contributed by atoms with Crippen LogP contribution in [0.3, 0.4) is 0 Å². The summed E-state index contributed by atoms with van der Waals surface area (Å²) in [4.78, 5) is 4.16. The highest BCUT2D eigenvalue weighted by Gasteiger charge is 2.02. The first-order valence-corrected chi connectivity index (χ1v) is 6.72. The van der Waals surface area contributed by atoms with Crippen LogP contribution in [0.15, 0.2) is 4.99 Å². The third-order valence-electron chi connectivity index (χ3n) is 1.59. The Morgan fingerprint density at radius 3 is 2.62 bits per heavy atom. The van der Waals surface area contributed by atoms with Crippen molar-refractivity contribution in [2.45, 2.75) is 6.92 Å². The van der Waals surface area contributed by atoms with Crippen LogP contribution < -0.4 is 15.8 Å². The number of hydrogen-bond acceptors (Lipinski definition) is 4. The zero-order valence-corrected chi connectivity index (χ0v) is 10.5. The molecule has 0 fully saturated rings. The summed E-state index contributed by atoms with van der Waals surface area (Å²) in [5, 5.41) is 10.7. The number of ether oxygens (including phenoxy) is 1. The Hall–Kier alpha value is -0.860. The maximum Gasteiger partial charge on any atom is 0.210 e. The lowest BCUT2D eigenvalue weighted by atomic mass is 10.6. The molecule has 0 unspecified atom stereocenters. The van der Waals surface area contributed by atoms with Gasteiger partial charge in [-0.1, -0.05) is 0 Å².